The molecular weight excluding hydrogens is 257 g/mol. The first-order valence-corrected chi connectivity index (χ1v) is 5.11. The Kier molecular flexibility index (Phi) is 10.1. The summed E-state index contributed by atoms with van der Waals surface area (Å²) in [5.41, 5.74) is 8.10. The zero-order valence-corrected chi connectivity index (χ0v) is 12.1. The molecule has 0 aliphatic carbocycles. The Morgan fingerprint density at radius 2 is 1.71 bits per heavy atom. The average molecular weight is 278 g/mol. The predicted octanol–water partition coefficient (Wildman–Crippen LogP) is 2.11. The van der Waals surface area contributed by atoms with E-state index in [0.29, 0.717) is 5.84 Å². The minimum absolute atomic E-state index is 0. The van der Waals surface area contributed by atoms with Crippen LogP contribution < -0.4 is 5.73 Å². The highest BCUT2D eigenvalue weighted by atomic mass is 35.5. The van der Waals surface area contributed by atoms with Crippen molar-refractivity contribution in [2.75, 3.05) is 27.2 Å². The van der Waals surface area contributed by atoms with Gasteiger partial charge in [-0.1, -0.05) is 29.8 Å². The molecule has 2 N–H and O–H groups in total. The van der Waals surface area contributed by atoms with Gasteiger partial charge in [0, 0.05) is 12.1 Å². The molecule has 0 bridgehead atoms. The van der Waals surface area contributed by atoms with Crippen LogP contribution in [0.1, 0.15) is 11.1 Å². The fourth-order valence-electron chi connectivity index (χ4n) is 1.19. The van der Waals surface area contributed by atoms with E-state index in [-0.39, 0.29) is 24.8 Å². The minimum Gasteiger partial charge on any atom is -0.384 e. The number of aliphatic imine (C=N–C) groups is 1. The van der Waals surface area contributed by atoms with E-state index in [4.69, 9.17) is 5.73 Å². The third-order valence-electron chi connectivity index (χ3n) is 2.18. The fraction of sp³-hybridized carbons (Fsp3) is 0.417. The maximum atomic E-state index is 5.86. The number of hydrogen-bond acceptors (Lipinski definition) is 2. The summed E-state index contributed by atoms with van der Waals surface area (Å²) in [4.78, 5) is 6.41. The van der Waals surface area contributed by atoms with Gasteiger partial charge < -0.3 is 10.6 Å². The Morgan fingerprint density at radius 1 is 1.18 bits per heavy atom. The number of hydrogen-bond donors (Lipinski definition) is 1. The molecule has 0 unspecified atom stereocenters. The summed E-state index contributed by atoms with van der Waals surface area (Å²) in [7, 11) is 4.05. The van der Waals surface area contributed by atoms with Crippen molar-refractivity contribution in [3.8, 4) is 0 Å². The highest BCUT2D eigenvalue weighted by Gasteiger charge is 1.97. The van der Waals surface area contributed by atoms with Crippen molar-refractivity contribution in [3.63, 3.8) is 0 Å². The van der Waals surface area contributed by atoms with E-state index in [1.54, 1.807) is 0 Å². The predicted molar refractivity (Wildman–Crippen MR) is 79.8 cm³/mol. The summed E-state index contributed by atoms with van der Waals surface area (Å²) < 4.78 is 0. The van der Waals surface area contributed by atoms with E-state index in [2.05, 4.69) is 16.8 Å². The van der Waals surface area contributed by atoms with Crippen LogP contribution in [0.5, 0.6) is 0 Å². The first kappa shape index (κ1) is 18.6. The lowest BCUT2D eigenvalue weighted by atomic mass is 10.1. The van der Waals surface area contributed by atoms with Crippen LogP contribution in [0, 0.1) is 6.92 Å². The van der Waals surface area contributed by atoms with E-state index in [1.165, 1.54) is 5.56 Å². The number of aryl methyl sites for hydroxylation is 1. The minimum atomic E-state index is 0. The van der Waals surface area contributed by atoms with Crippen LogP contribution in [0.4, 0.5) is 0 Å². The summed E-state index contributed by atoms with van der Waals surface area (Å²) in [6.07, 6.45) is 0. The molecular formula is C12H21Cl2N3. The molecule has 3 nitrogen and oxygen atoms in total. The molecule has 0 saturated carbocycles. The van der Waals surface area contributed by atoms with Gasteiger partial charge in [-0.25, -0.2) is 0 Å². The van der Waals surface area contributed by atoms with Gasteiger partial charge in [0.15, 0.2) is 0 Å². The van der Waals surface area contributed by atoms with Crippen LogP contribution >= 0.6 is 24.8 Å². The highest BCUT2D eigenvalue weighted by molar-refractivity contribution is 5.97. The summed E-state index contributed by atoms with van der Waals surface area (Å²) in [6, 6.07) is 8.10. The number of amidine groups is 1. The Morgan fingerprint density at radius 3 is 2.18 bits per heavy atom. The van der Waals surface area contributed by atoms with Crippen LogP contribution in [0.2, 0.25) is 0 Å². The first-order chi connectivity index (χ1) is 7.09. The van der Waals surface area contributed by atoms with Crippen molar-refractivity contribution in [1.29, 1.82) is 0 Å². The molecule has 0 spiro atoms. The Balaban J connectivity index is 0. The van der Waals surface area contributed by atoms with Crippen molar-refractivity contribution in [2.24, 2.45) is 10.7 Å². The van der Waals surface area contributed by atoms with E-state index >= 15 is 0 Å². The molecule has 0 amide bonds. The van der Waals surface area contributed by atoms with Crippen LogP contribution in [0.3, 0.4) is 0 Å². The second kappa shape index (κ2) is 9.28. The molecule has 1 aromatic carbocycles. The van der Waals surface area contributed by atoms with E-state index in [1.807, 2.05) is 38.4 Å². The fourth-order valence-corrected chi connectivity index (χ4v) is 1.19. The zero-order chi connectivity index (χ0) is 11.3. The number of likely N-dealkylation sites (N-methyl/N-ethyl adjacent to an activating group) is 1. The zero-order valence-electron chi connectivity index (χ0n) is 10.5. The maximum Gasteiger partial charge on any atom is 0.125 e. The number of rotatable bonds is 4. The first-order valence-electron chi connectivity index (χ1n) is 5.11. The molecule has 0 fully saturated rings. The van der Waals surface area contributed by atoms with Gasteiger partial charge in [-0.15, -0.1) is 24.8 Å². The molecule has 0 aliphatic rings. The smallest absolute Gasteiger partial charge is 0.125 e. The second-order valence-electron chi connectivity index (χ2n) is 3.94. The maximum absolute atomic E-state index is 5.86. The summed E-state index contributed by atoms with van der Waals surface area (Å²) >= 11 is 0. The van der Waals surface area contributed by atoms with Gasteiger partial charge in [-0.3, -0.25) is 4.99 Å². The van der Waals surface area contributed by atoms with E-state index in [0.717, 1.165) is 18.7 Å². The van der Waals surface area contributed by atoms with Crippen LogP contribution in [-0.2, 0) is 0 Å². The van der Waals surface area contributed by atoms with Crippen molar-refractivity contribution in [3.05, 3.63) is 35.4 Å². The molecule has 0 atom stereocenters. The van der Waals surface area contributed by atoms with Gasteiger partial charge in [0.2, 0.25) is 0 Å². The molecule has 5 heteroatoms. The van der Waals surface area contributed by atoms with Gasteiger partial charge in [-0.05, 0) is 21.0 Å². The van der Waals surface area contributed by atoms with Crippen molar-refractivity contribution in [1.82, 2.24) is 4.90 Å². The SMILES string of the molecule is Cc1ccc(C(N)=NCCN(C)C)cc1.Cl.Cl. The molecule has 17 heavy (non-hydrogen) atoms. The van der Waals surface area contributed by atoms with Gasteiger partial charge in [0.25, 0.3) is 0 Å². The number of nitrogens with zero attached hydrogens (tertiary/aromatic N) is 2. The third-order valence-corrected chi connectivity index (χ3v) is 2.18. The quantitative estimate of drug-likeness (QED) is 0.677. The number of benzene rings is 1. The largest absolute Gasteiger partial charge is 0.384 e. The standard InChI is InChI=1S/C12H19N3.2ClH/c1-10-4-6-11(7-5-10)12(13)14-8-9-15(2)3;;/h4-7H,8-9H2,1-3H3,(H2,13,14);2*1H. The van der Waals surface area contributed by atoms with Gasteiger partial charge >= 0.3 is 0 Å². The van der Waals surface area contributed by atoms with Gasteiger partial charge in [-0.2, -0.15) is 0 Å². The highest BCUT2D eigenvalue weighted by Crippen LogP contribution is 2.02. The lowest BCUT2D eigenvalue weighted by Crippen LogP contribution is -2.19. The summed E-state index contributed by atoms with van der Waals surface area (Å²) in [5.74, 6) is 0.622. The Hall–Kier alpha value is -0.770. The second-order valence-corrected chi connectivity index (χ2v) is 3.94. The normalized spacial score (nSPS) is 10.7. The Bertz CT molecular complexity index is 334. The number of halogens is 2. The van der Waals surface area contributed by atoms with Gasteiger partial charge in [0.05, 0.1) is 6.54 Å². The molecule has 0 aliphatic heterocycles. The molecule has 98 valence electrons. The molecule has 0 heterocycles. The molecule has 1 aromatic rings. The van der Waals surface area contributed by atoms with Crippen LogP contribution in [0.15, 0.2) is 29.3 Å². The average Bonchev–Trinajstić information content (AvgIpc) is 2.18. The Labute approximate surface area is 116 Å². The lowest BCUT2D eigenvalue weighted by molar-refractivity contribution is 0.420. The molecule has 0 aromatic heterocycles. The third kappa shape index (κ3) is 7.21. The van der Waals surface area contributed by atoms with E-state index < -0.39 is 0 Å². The van der Waals surface area contributed by atoms with E-state index in [9.17, 15) is 0 Å². The summed E-state index contributed by atoms with van der Waals surface area (Å²) in [5, 5.41) is 0. The topological polar surface area (TPSA) is 41.6 Å². The molecule has 1 rings (SSSR count). The monoisotopic (exact) mass is 277 g/mol. The van der Waals surface area contributed by atoms with Crippen LogP contribution in [-0.4, -0.2) is 37.9 Å². The van der Waals surface area contributed by atoms with Crippen molar-refractivity contribution >= 4 is 30.6 Å². The number of nitrogens with two attached hydrogens (primary N) is 1. The van der Waals surface area contributed by atoms with Crippen LogP contribution in [0.25, 0.3) is 0 Å². The van der Waals surface area contributed by atoms with Crippen molar-refractivity contribution < 1.29 is 0 Å². The summed E-state index contributed by atoms with van der Waals surface area (Å²) in [6.45, 7) is 3.72. The van der Waals surface area contributed by atoms with Gasteiger partial charge in [0.1, 0.15) is 5.84 Å². The lowest BCUT2D eigenvalue weighted by Gasteiger charge is -2.07. The molecule has 0 saturated heterocycles. The molecule has 0 radical (unpaired) electrons. The van der Waals surface area contributed by atoms with Crippen molar-refractivity contribution in [2.45, 2.75) is 6.92 Å².